The number of para-hydroxylation sites is 2. The van der Waals surface area contributed by atoms with Crippen molar-refractivity contribution in [3.8, 4) is 22.7 Å². The van der Waals surface area contributed by atoms with E-state index < -0.39 is 5.25 Å². The third-order valence-corrected chi connectivity index (χ3v) is 6.00. The van der Waals surface area contributed by atoms with Crippen molar-refractivity contribution in [1.82, 2.24) is 25.2 Å². The molecule has 0 radical (unpaired) electrons. The molecule has 1 unspecified atom stereocenters. The summed E-state index contributed by atoms with van der Waals surface area (Å²) in [7, 11) is 1.62. The predicted octanol–water partition coefficient (Wildman–Crippen LogP) is 3.91. The van der Waals surface area contributed by atoms with E-state index in [1.807, 2.05) is 60.0 Å². The van der Waals surface area contributed by atoms with Crippen LogP contribution in [0.5, 0.6) is 5.75 Å². The number of aromatic nitrogens is 5. The minimum absolute atomic E-state index is 0.177. The number of thioether (sulfide) groups is 1. The van der Waals surface area contributed by atoms with Crippen LogP contribution in [0.4, 0.5) is 5.13 Å². The third-order valence-electron chi connectivity index (χ3n) is 4.21. The quantitative estimate of drug-likeness (QED) is 0.437. The van der Waals surface area contributed by atoms with Crippen LogP contribution in [0.1, 0.15) is 6.92 Å². The number of benzene rings is 2. The average Bonchev–Trinajstić information content (AvgIpc) is 3.44. The Balaban J connectivity index is 1.44. The van der Waals surface area contributed by atoms with Crippen molar-refractivity contribution < 1.29 is 9.53 Å². The fraction of sp³-hybridized carbons (Fsp3) is 0.150. The zero-order valence-electron chi connectivity index (χ0n) is 16.2. The maximum atomic E-state index is 12.7. The maximum Gasteiger partial charge on any atom is 0.239 e. The molecule has 4 rings (SSSR count). The largest absolute Gasteiger partial charge is 0.496 e. The molecule has 0 aliphatic rings. The second-order valence-corrected chi connectivity index (χ2v) is 8.36. The van der Waals surface area contributed by atoms with E-state index >= 15 is 0 Å². The monoisotopic (exact) mass is 438 g/mol. The summed E-state index contributed by atoms with van der Waals surface area (Å²) in [5.74, 6) is 0.556. The highest BCUT2D eigenvalue weighted by Gasteiger charge is 2.20. The number of carbonyl (C=O) groups is 1. The summed E-state index contributed by atoms with van der Waals surface area (Å²) in [4.78, 5) is 17.2. The van der Waals surface area contributed by atoms with Gasteiger partial charge in [0.05, 0.1) is 23.7 Å². The number of rotatable bonds is 7. The summed E-state index contributed by atoms with van der Waals surface area (Å²) in [5, 5.41) is 17.2. The van der Waals surface area contributed by atoms with Crippen LogP contribution in [0.3, 0.4) is 0 Å². The summed E-state index contributed by atoms with van der Waals surface area (Å²) in [6.07, 6.45) is 0. The van der Waals surface area contributed by atoms with Crippen LogP contribution in [0, 0.1) is 0 Å². The van der Waals surface area contributed by atoms with E-state index in [4.69, 9.17) is 4.74 Å². The van der Waals surface area contributed by atoms with E-state index in [1.165, 1.54) is 23.1 Å². The van der Waals surface area contributed by atoms with Gasteiger partial charge in [-0.3, -0.25) is 4.79 Å². The molecule has 1 amide bonds. The number of hydrogen-bond donors (Lipinski definition) is 1. The summed E-state index contributed by atoms with van der Waals surface area (Å²) < 4.78 is 7.00. The van der Waals surface area contributed by atoms with Gasteiger partial charge >= 0.3 is 0 Å². The van der Waals surface area contributed by atoms with Crippen LogP contribution in [-0.2, 0) is 4.79 Å². The normalized spacial score (nSPS) is 11.8. The molecule has 30 heavy (non-hydrogen) atoms. The van der Waals surface area contributed by atoms with Gasteiger partial charge in [-0.25, -0.2) is 4.98 Å². The molecule has 4 aromatic rings. The maximum absolute atomic E-state index is 12.7. The van der Waals surface area contributed by atoms with Gasteiger partial charge in [-0.2, -0.15) is 4.68 Å². The van der Waals surface area contributed by atoms with Crippen LogP contribution >= 0.6 is 23.1 Å². The molecule has 0 fully saturated rings. The fourth-order valence-corrected chi connectivity index (χ4v) is 4.23. The Morgan fingerprint density at radius 2 is 1.93 bits per heavy atom. The number of hydrogen-bond acceptors (Lipinski definition) is 8. The molecule has 2 aromatic carbocycles. The molecular formula is C20H18N6O2S2. The number of ether oxygens (including phenoxy) is 1. The molecule has 1 N–H and O–H groups in total. The van der Waals surface area contributed by atoms with E-state index in [0.29, 0.717) is 10.3 Å². The van der Waals surface area contributed by atoms with Gasteiger partial charge in [0.15, 0.2) is 5.13 Å². The van der Waals surface area contributed by atoms with Gasteiger partial charge in [-0.15, -0.1) is 16.4 Å². The molecule has 2 aromatic heterocycles. The minimum Gasteiger partial charge on any atom is -0.496 e. The Kier molecular flexibility index (Phi) is 6.05. The molecule has 152 valence electrons. The molecule has 0 bridgehead atoms. The van der Waals surface area contributed by atoms with Gasteiger partial charge in [0.1, 0.15) is 5.75 Å². The van der Waals surface area contributed by atoms with E-state index in [0.717, 1.165) is 22.7 Å². The van der Waals surface area contributed by atoms with Gasteiger partial charge in [-0.1, -0.05) is 42.1 Å². The Morgan fingerprint density at radius 3 is 2.73 bits per heavy atom. The van der Waals surface area contributed by atoms with Crippen molar-refractivity contribution in [2.45, 2.75) is 17.3 Å². The first-order valence-corrected chi connectivity index (χ1v) is 10.8. The van der Waals surface area contributed by atoms with E-state index in [-0.39, 0.29) is 5.91 Å². The molecule has 10 heteroatoms. The first-order valence-electron chi connectivity index (χ1n) is 9.06. The highest BCUT2D eigenvalue weighted by Crippen LogP contribution is 2.32. The van der Waals surface area contributed by atoms with Crippen LogP contribution in [0.2, 0.25) is 0 Å². The van der Waals surface area contributed by atoms with Gasteiger partial charge in [0.2, 0.25) is 11.1 Å². The van der Waals surface area contributed by atoms with E-state index in [1.54, 1.807) is 18.7 Å². The number of anilines is 1. The van der Waals surface area contributed by atoms with Crippen LogP contribution in [0.15, 0.2) is 65.1 Å². The molecule has 0 aliphatic carbocycles. The summed E-state index contributed by atoms with van der Waals surface area (Å²) >= 11 is 2.64. The molecule has 1 atom stereocenters. The van der Waals surface area contributed by atoms with Crippen molar-refractivity contribution in [3.05, 3.63) is 60.0 Å². The standard InChI is InChI=1S/C20H18N6O2S2/c1-13(30-20-23-24-25-26(20)14-8-4-3-5-9-14)18(27)22-19-21-16(12-29-19)15-10-6-7-11-17(15)28-2/h3-13H,1-2H3,(H,21,22,27). The molecule has 8 nitrogen and oxygen atoms in total. The Bertz CT molecular complexity index is 1140. The van der Waals surface area contributed by atoms with Crippen LogP contribution in [0.25, 0.3) is 16.9 Å². The number of thiazole rings is 1. The first kappa shape index (κ1) is 20.0. The predicted molar refractivity (Wildman–Crippen MR) is 117 cm³/mol. The lowest BCUT2D eigenvalue weighted by Gasteiger charge is -2.10. The number of carbonyl (C=O) groups excluding carboxylic acids is 1. The van der Waals surface area contributed by atoms with E-state index in [9.17, 15) is 4.79 Å². The second kappa shape index (κ2) is 9.06. The molecule has 2 heterocycles. The van der Waals surface area contributed by atoms with Crippen molar-refractivity contribution in [3.63, 3.8) is 0 Å². The first-order chi connectivity index (χ1) is 14.7. The molecule has 0 aliphatic heterocycles. The number of amides is 1. The van der Waals surface area contributed by atoms with Crippen molar-refractivity contribution in [2.24, 2.45) is 0 Å². The highest BCUT2D eigenvalue weighted by molar-refractivity contribution is 8.00. The zero-order chi connectivity index (χ0) is 20.9. The van der Waals surface area contributed by atoms with Gasteiger partial charge < -0.3 is 10.1 Å². The van der Waals surface area contributed by atoms with Gasteiger partial charge in [0.25, 0.3) is 0 Å². The second-order valence-electron chi connectivity index (χ2n) is 6.20. The Hall–Kier alpha value is -3.24. The molecule has 0 spiro atoms. The van der Waals surface area contributed by atoms with E-state index in [2.05, 4.69) is 25.8 Å². The Morgan fingerprint density at radius 1 is 1.17 bits per heavy atom. The van der Waals surface area contributed by atoms with Gasteiger partial charge in [0, 0.05) is 10.9 Å². The topological polar surface area (TPSA) is 94.8 Å². The number of methoxy groups -OCH3 is 1. The summed E-state index contributed by atoms with van der Waals surface area (Å²) in [6.45, 7) is 1.80. The summed E-state index contributed by atoms with van der Waals surface area (Å²) in [5.41, 5.74) is 2.46. The third kappa shape index (κ3) is 4.34. The van der Waals surface area contributed by atoms with Crippen molar-refractivity contribution in [1.29, 1.82) is 0 Å². The zero-order valence-corrected chi connectivity index (χ0v) is 17.9. The smallest absolute Gasteiger partial charge is 0.239 e. The fourth-order valence-electron chi connectivity index (χ4n) is 2.71. The molecular weight excluding hydrogens is 420 g/mol. The molecule has 0 saturated carbocycles. The lowest BCUT2D eigenvalue weighted by Crippen LogP contribution is -2.22. The number of tetrazole rings is 1. The van der Waals surface area contributed by atoms with Crippen molar-refractivity contribution >= 4 is 34.1 Å². The number of nitrogens with zero attached hydrogens (tertiary/aromatic N) is 5. The lowest BCUT2D eigenvalue weighted by atomic mass is 10.1. The summed E-state index contributed by atoms with van der Waals surface area (Å²) in [6, 6.07) is 17.2. The lowest BCUT2D eigenvalue weighted by molar-refractivity contribution is -0.115. The van der Waals surface area contributed by atoms with Crippen LogP contribution in [-0.4, -0.2) is 43.5 Å². The molecule has 0 saturated heterocycles. The minimum atomic E-state index is -0.419. The van der Waals surface area contributed by atoms with Crippen molar-refractivity contribution in [2.75, 3.05) is 12.4 Å². The number of nitrogens with one attached hydrogen (secondary N) is 1. The Labute approximate surface area is 181 Å². The average molecular weight is 439 g/mol. The van der Waals surface area contributed by atoms with Gasteiger partial charge in [-0.05, 0) is 41.6 Å². The SMILES string of the molecule is COc1ccccc1-c1csc(NC(=O)C(C)Sc2nnnn2-c2ccccc2)n1. The van der Waals surface area contributed by atoms with Crippen LogP contribution < -0.4 is 10.1 Å². The highest BCUT2D eigenvalue weighted by atomic mass is 32.2.